The number of sulfonamides is 1. The van der Waals surface area contributed by atoms with Gasteiger partial charge in [-0.2, -0.15) is 9.40 Å². The van der Waals surface area contributed by atoms with Crippen molar-refractivity contribution in [2.24, 2.45) is 0 Å². The molecule has 1 amide bonds. The van der Waals surface area contributed by atoms with Crippen LogP contribution in [0.1, 0.15) is 30.8 Å². The third-order valence-electron chi connectivity index (χ3n) is 4.58. The normalized spacial score (nSPS) is 16.7. The smallest absolute Gasteiger partial charge is 0.271 e. The van der Waals surface area contributed by atoms with Gasteiger partial charge in [-0.3, -0.25) is 9.89 Å². The van der Waals surface area contributed by atoms with E-state index in [0.717, 1.165) is 5.56 Å². The van der Waals surface area contributed by atoms with Crippen molar-refractivity contribution in [1.82, 2.24) is 19.4 Å². The van der Waals surface area contributed by atoms with Crippen molar-refractivity contribution in [2.45, 2.75) is 25.5 Å². The van der Waals surface area contributed by atoms with Crippen molar-refractivity contribution >= 4 is 15.9 Å². The number of amides is 1. The molecular weight excluding hydrogens is 352 g/mol. The Morgan fingerprint density at radius 3 is 2.54 bits per heavy atom. The molecule has 1 saturated heterocycles. The lowest BCUT2D eigenvalue weighted by Crippen LogP contribution is -2.40. The monoisotopic (exact) mass is 376 g/mol. The van der Waals surface area contributed by atoms with Gasteiger partial charge < -0.3 is 4.90 Å². The maximum atomic E-state index is 12.8. The van der Waals surface area contributed by atoms with Gasteiger partial charge in [0.2, 0.25) is 10.0 Å². The molecule has 2 aromatic rings. The second-order valence-electron chi connectivity index (χ2n) is 6.67. The highest BCUT2D eigenvalue weighted by molar-refractivity contribution is 7.89. The van der Waals surface area contributed by atoms with Crippen LogP contribution < -0.4 is 0 Å². The highest BCUT2D eigenvalue weighted by atomic mass is 32.2. The molecule has 2 heterocycles. The minimum absolute atomic E-state index is 0.150. The van der Waals surface area contributed by atoms with Gasteiger partial charge >= 0.3 is 0 Å². The van der Waals surface area contributed by atoms with Gasteiger partial charge in [-0.15, -0.1) is 0 Å². The predicted octanol–water partition coefficient (Wildman–Crippen LogP) is 1.96. The molecule has 0 bridgehead atoms. The molecule has 7 nitrogen and oxygen atoms in total. The van der Waals surface area contributed by atoms with Crippen molar-refractivity contribution in [3.63, 3.8) is 0 Å². The highest BCUT2D eigenvalue weighted by Crippen LogP contribution is 2.19. The highest BCUT2D eigenvalue weighted by Gasteiger charge is 2.29. The summed E-state index contributed by atoms with van der Waals surface area (Å²) in [6.07, 6.45) is 0.622. The van der Waals surface area contributed by atoms with Crippen molar-refractivity contribution in [3.8, 4) is 11.3 Å². The summed E-state index contributed by atoms with van der Waals surface area (Å²) in [6.45, 7) is 5.04. The first-order valence-corrected chi connectivity index (χ1v) is 10.3. The maximum absolute atomic E-state index is 12.8. The molecule has 8 heteroatoms. The van der Waals surface area contributed by atoms with Crippen LogP contribution in [0.2, 0.25) is 0 Å². The van der Waals surface area contributed by atoms with Gasteiger partial charge in [0.15, 0.2) is 0 Å². The number of nitrogens with one attached hydrogen (secondary N) is 1. The van der Waals surface area contributed by atoms with Crippen LogP contribution in [0.3, 0.4) is 0 Å². The van der Waals surface area contributed by atoms with E-state index in [0.29, 0.717) is 44.0 Å². The summed E-state index contributed by atoms with van der Waals surface area (Å²) in [5, 5.41) is 6.58. The molecular formula is C18H24N4O3S. The van der Waals surface area contributed by atoms with Gasteiger partial charge in [0.1, 0.15) is 5.69 Å². The van der Waals surface area contributed by atoms with Crippen LogP contribution in [0.25, 0.3) is 11.3 Å². The first-order chi connectivity index (χ1) is 12.4. The Labute approximate surface area is 154 Å². The zero-order chi connectivity index (χ0) is 18.7. The van der Waals surface area contributed by atoms with Crippen LogP contribution in [0.15, 0.2) is 36.4 Å². The third-order valence-corrected chi connectivity index (χ3v) is 6.85. The van der Waals surface area contributed by atoms with E-state index in [9.17, 15) is 13.2 Å². The Kier molecular flexibility index (Phi) is 5.43. The standard InChI is InChI=1S/C18H24N4O3S/c1-14(2)26(24,25)22-10-6-9-21(11-12-22)18(23)17-13-16(19-20-17)15-7-4-3-5-8-15/h3-5,7-8,13-14H,6,9-12H2,1-2H3,(H,19,20). The lowest BCUT2D eigenvalue weighted by molar-refractivity contribution is 0.0758. The Hall–Kier alpha value is -2.19. The predicted molar refractivity (Wildman–Crippen MR) is 100 cm³/mol. The van der Waals surface area contributed by atoms with Gasteiger partial charge in [-0.25, -0.2) is 8.42 Å². The lowest BCUT2D eigenvalue weighted by atomic mass is 10.1. The molecule has 1 aromatic carbocycles. The van der Waals surface area contributed by atoms with E-state index in [1.165, 1.54) is 4.31 Å². The molecule has 1 N–H and O–H groups in total. The molecule has 26 heavy (non-hydrogen) atoms. The summed E-state index contributed by atoms with van der Waals surface area (Å²) >= 11 is 0. The molecule has 140 valence electrons. The summed E-state index contributed by atoms with van der Waals surface area (Å²) < 4.78 is 26.2. The van der Waals surface area contributed by atoms with E-state index in [1.807, 2.05) is 30.3 Å². The van der Waals surface area contributed by atoms with Crippen molar-refractivity contribution < 1.29 is 13.2 Å². The van der Waals surface area contributed by atoms with Crippen molar-refractivity contribution in [1.29, 1.82) is 0 Å². The summed E-state index contributed by atoms with van der Waals surface area (Å²) in [5.41, 5.74) is 2.07. The number of hydrogen-bond acceptors (Lipinski definition) is 4. The van der Waals surface area contributed by atoms with Crippen LogP contribution in [0.5, 0.6) is 0 Å². The molecule has 0 radical (unpaired) electrons. The number of aromatic nitrogens is 2. The molecule has 0 unspecified atom stereocenters. The van der Waals surface area contributed by atoms with E-state index < -0.39 is 15.3 Å². The molecule has 0 atom stereocenters. The summed E-state index contributed by atoms with van der Waals surface area (Å²) in [5.74, 6) is -0.150. The van der Waals surface area contributed by atoms with E-state index in [4.69, 9.17) is 0 Å². The Bertz CT molecular complexity index is 862. The second kappa shape index (κ2) is 7.59. The molecule has 0 aliphatic carbocycles. The summed E-state index contributed by atoms with van der Waals surface area (Å²) in [4.78, 5) is 14.5. The van der Waals surface area contributed by atoms with Crippen LogP contribution in [0, 0.1) is 0 Å². The van der Waals surface area contributed by atoms with E-state index >= 15 is 0 Å². The minimum Gasteiger partial charge on any atom is -0.336 e. The molecule has 1 aliphatic heterocycles. The first kappa shape index (κ1) is 18.6. The topological polar surface area (TPSA) is 86.4 Å². The second-order valence-corrected chi connectivity index (χ2v) is 9.16. The lowest BCUT2D eigenvalue weighted by Gasteiger charge is -2.23. The Morgan fingerprint density at radius 2 is 1.85 bits per heavy atom. The van der Waals surface area contributed by atoms with Crippen LogP contribution in [0.4, 0.5) is 0 Å². The third kappa shape index (κ3) is 3.81. The summed E-state index contributed by atoms with van der Waals surface area (Å²) in [7, 11) is -3.29. The van der Waals surface area contributed by atoms with E-state index in [-0.39, 0.29) is 5.91 Å². The Morgan fingerprint density at radius 1 is 1.12 bits per heavy atom. The van der Waals surface area contributed by atoms with Gasteiger partial charge in [0.05, 0.1) is 10.9 Å². The van der Waals surface area contributed by atoms with Crippen LogP contribution >= 0.6 is 0 Å². The number of rotatable bonds is 4. The fourth-order valence-electron chi connectivity index (χ4n) is 3.01. The number of aromatic amines is 1. The van der Waals surface area contributed by atoms with Crippen LogP contribution in [-0.4, -0.2) is 65.2 Å². The fraction of sp³-hybridized carbons (Fsp3) is 0.444. The molecule has 3 rings (SSSR count). The quantitative estimate of drug-likeness (QED) is 0.884. The molecule has 1 aliphatic rings. The molecule has 0 saturated carbocycles. The first-order valence-electron chi connectivity index (χ1n) is 8.78. The number of hydrogen-bond donors (Lipinski definition) is 1. The fourth-order valence-corrected chi connectivity index (χ4v) is 4.32. The average molecular weight is 376 g/mol. The van der Waals surface area contributed by atoms with Gasteiger partial charge in [-0.05, 0) is 26.3 Å². The van der Waals surface area contributed by atoms with Gasteiger partial charge in [0, 0.05) is 31.7 Å². The van der Waals surface area contributed by atoms with E-state index in [1.54, 1.807) is 24.8 Å². The number of benzene rings is 1. The SMILES string of the molecule is CC(C)S(=O)(=O)N1CCCN(C(=O)c2cc(-c3ccccc3)n[nH]2)CC1. The summed E-state index contributed by atoms with van der Waals surface area (Å²) in [6, 6.07) is 11.4. The van der Waals surface area contributed by atoms with Gasteiger partial charge in [0.25, 0.3) is 5.91 Å². The van der Waals surface area contributed by atoms with Gasteiger partial charge in [-0.1, -0.05) is 30.3 Å². The zero-order valence-corrected chi connectivity index (χ0v) is 15.9. The number of H-pyrrole nitrogens is 1. The largest absolute Gasteiger partial charge is 0.336 e. The van der Waals surface area contributed by atoms with Crippen LogP contribution in [-0.2, 0) is 10.0 Å². The van der Waals surface area contributed by atoms with Crippen molar-refractivity contribution in [3.05, 3.63) is 42.1 Å². The maximum Gasteiger partial charge on any atom is 0.271 e. The average Bonchev–Trinajstić information content (AvgIpc) is 2.99. The molecule has 1 fully saturated rings. The zero-order valence-electron chi connectivity index (χ0n) is 15.1. The minimum atomic E-state index is -3.29. The molecule has 0 spiro atoms. The number of carbonyl (C=O) groups is 1. The number of carbonyl (C=O) groups excluding carboxylic acids is 1. The number of nitrogens with zero attached hydrogens (tertiary/aromatic N) is 3. The van der Waals surface area contributed by atoms with Crippen molar-refractivity contribution in [2.75, 3.05) is 26.2 Å². The van der Waals surface area contributed by atoms with E-state index in [2.05, 4.69) is 10.2 Å². The molecule has 1 aromatic heterocycles. The Balaban J connectivity index is 1.70.